The number of carbonyl (C=O) groups is 2. The summed E-state index contributed by atoms with van der Waals surface area (Å²) in [6, 6.07) is 14.3. The third-order valence-corrected chi connectivity index (χ3v) is 4.06. The van der Waals surface area contributed by atoms with Crippen LogP contribution in [0.5, 0.6) is 5.75 Å². The quantitative estimate of drug-likeness (QED) is 0.268. The zero-order valence-corrected chi connectivity index (χ0v) is 14.6. The van der Waals surface area contributed by atoms with Crippen molar-refractivity contribution >= 4 is 29.2 Å². The first-order chi connectivity index (χ1) is 12.0. The van der Waals surface area contributed by atoms with Crippen LogP contribution < -0.4 is 4.74 Å². The molecule has 0 bridgehead atoms. The molecule has 25 heavy (non-hydrogen) atoms. The molecule has 0 fully saturated rings. The molecule has 0 heterocycles. The molecule has 0 aliphatic carbocycles. The lowest BCUT2D eigenvalue weighted by Crippen LogP contribution is -2.11. The average Bonchev–Trinajstić information content (AvgIpc) is 2.61. The second-order valence-corrected chi connectivity index (χ2v) is 6.11. The van der Waals surface area contributed by atoms with E-state index in [1.54, 1.807) is 24.3 Å². The van der Waals surface area contributed by atoms with E-state index in [0.29, 0.717) is 11.3 Å². The van der Waals surface area contributed by atoms with E-state index < -0.39 is 5.97 Å². The number of Topliss-reactive ketones (excluding diaryl/α,β-unsaturated/α-hetero) is 1. The normalized spacial score (nSPS) is 11.1. The summed E-state index contributed by atoms with van der Waals surface area (Å²) < 4.78 is 4.98. The molecule has 0 aliphatic rings. The van der Waals surface area contributed by atoms with Crippen molar-refractivity contribution in [2.75, 3.05) is 6.79 Å². The Bertz CT molecular complexity index is 769. The number of rotatable bonds is 7. The zero-order chi connectivity index (χ0) is 18.2. The van der Waals surface area contributed by atoms with Gasteiger partial charge in [0.15, 0.2) is 6.79 Å². The van der Waals surface area contributed by atoms with Gasteiger partial charge in [0.2, 0.25) is 5.78 Å². The van der Waals surface area contributed by atoms with Crippen molar-refractivity contribution in [3.05, 3.63) is 54.1 Å². The first-order valence-corrected chi connectivity index (χ1v) is 8.20. The summed E-state index contributed by atoms with van der Waals surface area (Å²) in [4.78, 5) is 29.3. The minimum absolute atomic E-state index is 0.107. The molecule has 0 spiro atoms. The first kappa shape index (κ1) is 18.7. The maximum atomic E-state index is 12.2. The number of aliphatic hydroxyl groups excluding tert-OH is 1. The van der Waals surface area contributed by atoms with Crippen molar-refractivity contribution in [1.82, 2.24) is 0 Å². The Labute approximate surface area is 149 Å². The second-order valence-electron chi connectivity index (χ2n) is 4.96. The van der Waals surface area contributed by atoms with Gasteiger partial charge < -0.3 is 14.7 Å². The number of hydrogen-bond acceptors (Lipinski definition) is 7. The molecule has 0 amide bonds. The van der Waals surface area contributed by atoms with Gasteiger partial charge in [-0.15, -0.1) is 0 Å². The lowest BCUT2D eigenvalue weighted by Gasteiger charge is -2.05. The van der Waals surface area contributed by atoms with Crippen LogP contribution >= 0.6 is 11.8 Å². The largest absolute Gasteiger partial charge is 0.468 e. The van der Waals surface area contributed by atoms with Crippen molar-refractivity contribution in [2.24, 2.45) is 5.16 Å². The van der Waals surface area contributed by atoms with Gasteiger partial charge >= 0.3 is 5.97 Å². The minimum atomic E-state index is -0.575. The lowest BCUT2D eigenvalue weighted by molar-refractivity contribution is -0.140. The number of oxime groups is 1. The van der Waals surface area contributed by atoms with Crippen LogP contribution in [0.2, 0.25) is 0 Å². The summed E-state index contributed by atoms with van der Waals surface area (Å²) >= 11 is 1.53. The highest BCUT2D eigenvalue weighted by molar-refractivity contribution is 7.99. The first-order valence-electron chi connectivity index (χ1n) is 7.38. The van der Waals surface area contributed by atoms with Gasteiger partial charge in [-0.1, -0.05) is 16.9 Å². The van der Waals surface area contributed by atoms with Crippen molar-refractivity contribution in [3.8, 4) is 5.75 Å². The summed E-state index contributed by atoms with van der Waals surface area (Å²) in [6.45, 7) is 2.35. The third kappa shape index (κ3) is 5.74. The maximum Gasteiger partial charge on any atom is 0.331 e. The SMILES string of the molecule is CC(=O)ON=C(C)C(=O)c1ccc(Sc2ccc(OCO)cc2)cc1. The molecule has 0 atom stereocenters. The van der Waals surface area contributed by atoms with E-state index >= 15 is 0 Å². The highest BCUT2D eigenvalue weighted by Gasteiger charge is 2.11. The molecule has 0 aliphatic heterocycles. The molecule has 1 N–H and O–H groups in total. The fourth-order valence-electron chi connectivity index (χ4n) is 1.87. The standard InChI is InChI=1S/C18H17NO5S/c1-12(19-24-13(2)21)18(22)14-3-7-16(8-4-14)25-17-9-5-15(6-10-17)23-11-20/h3-10,20H,11H2,1-2H3. The fourth-order valence-corrected chi connectivity index (χ4v) is 2.69. The van der Waals surface area contributed by atoms with Crippen LogP contribution in [0.3, 0.4) is 0 Å². The van der Waals surface area contributed by atoms with E-state index in [2.05, 4.69) is 9.99 Å². The zero-order valence-electron chi connectivity index (χ0n) is 13.8. The molecule has 0 unspecified atom stereocenters. The Morgan fingerprint density at radius 1 is 1.00 bits per heavy atom. The summed E-state index contributed by atoms with van der Waals surface area (Å²) in [5.74, 6) is -0.284. The van der Waals surface area contributed by atoms with Crippen molar-refractivity contribution in [1.29, 1.82) is 0 Å². The monoisotopic (exact) mass is 359 g/mol. The smallest absolute Gasteiger partial charge is 0.331 e. The molecule has 7 heteroatoms. The number of aliphatic hydroxyl groups is 1. The van der Waals surface area contributed by atoms with E-state index in [9.17, 15) is 9.59 Å². The van der Waals surface area contributed by atoms with Crippen LogP contribution in [-0.4, -0.2) is 29.4 Å². The molecule has 0 radical (unpaired) electrons. The van der Waals surface area contributed by atoms with Crippen LogP contribution in [0.4, 0.5) is 0 Å². The molecule has 0 aromatic heterocycles. The highest BCUT2D eigenvalue weighted by atomic mass is 32.2. The molecule has 130 valence electrons. The second kappa shape index (κ2) is 9.00. The molecular formula is C18H17NO5S. The molecule has 6 nitrogen and oxygen atoms in total. The van der Waals surface area contributed by atoms with Gasteiger partial charge in [0.1, 0.15) is 11.5 Å². The third-order valence-electron chi connectivity index (χ3n) is 3.05. The van der Waals surface area contributed by atoms with Crippen molar-refractivity contribution in [2.45, 2.75) is 23.6 Å². The lowest BCUT2D eigenvalue weighted by atomic mass is 10.1. The van der Waals surface area contributed by atoms with Gasteiger partial charge in [-0.05, 0) is 55.5 Å². The molecule has 2 aromatic carbocycles. The Morgan fingerprint density at radius 2 is 1.56 bits per heavy atom. The van der Waals surface area contributed by atoms with Crippen LogP contribution in [-0.2, 0) is 9.63 Å². The van der Waals surface area contributed by atoms with Gasteiger partial charge in [0, 0.05) is 22.3 Å². The van der Waals surface area contributed by atoms with Gasteiger partial charge in [0.25, 0.3) is 0 Å². The van der Waals surface area contributed by atoms with E-state index in [-0.39, 0.29) is 18.3 Å². The van der Waals surface area contributed by atoms with Crippen LogP contribution in [0.15, 0.2) is 63.5 Å². The number of carbonyl (C=O) groups excluding carboxylic acids is 2. The maximum absolute atomic E-state index is 12.2. The topological polar surface area (TPSA) is 85.2 Å². The minimum Gasteiger partial charge on any atom is -0.468 e. The van der Waals surface area contributed by atoms with E-state index in [1.165, 1.54) is 25.6 Å². The molecule has 0 saturated carbocycles. The van der Waals surface area contributed by atoms with Gasteiger partial charge in [-0.3, -0.25) is 4.79 Å². The van der Waals surface area contributed by atoms with Crippen LogP contribution in [0, 0.1) is 0 Å². The van der Waals surface area contributed by atoms with Gasteiger partial charge in [-0.2, -0.15) is 0 Å². The number of benzene rings is 2. The van der Waals surface area contributed by atoms with Crippen LogP contribution in [0.25, 0.3) is 0 Å². The van der Waals surface area contributed by atoms with E-state index in [4.69, 9.17) is 9.84 Å². The number of ketones is 1. The summed E-state index contributed by atoms with van der Waals surface area (Å²) in [5.41, 5.74) is 0.569. The number of hydrogen-bond donors (Lipinski definition) is 1. The predicted molar refractivity (Wildman–Crippen MR) is 93.9 cm³/mol. The summed E-state index contributed by atoms with van der Waals surface area (Å²) in [6.07, 6.45) is 0. The Morgan fingerprint density at radius 3 is 2.08 bits per heavy atom. The molecular weight excluding hydrogens is 342 g/mol. The highest BCUT2D eigenvalue weighted by Crippen LogP contribution is 2.29. The van der Waals surface area contributed by atoms with Crippen molar-refractivity contribution in [3.63, 3.8) is 0 Å². The van der Waals surface area contributed by atoms with Crippen molar-refractivity contribution < 1.29 is 24.3 Å². The Kier molecular flexibility index (Phi) is 6.73. The van der Waals surface area contributed by atoms with Gasteiger partial charge in [0.05, 0.1) is 0 Å². The average molecular weight is 359 g/mol. The summed E-state index contributed by atoms with van der Waals surface area (Å²) in [7, 11) is 0. The Balaban J connectivity index is 2.02. The molecule has 0 saturated heterocycles. The predicted octanol–water partition coefficient (Wildman–Crippen LogP) is 3.29. The van der Waals surface area contributed by atoms with E-state index in [0.717, 1.165) is 9.79 Å². The molecule has 2 rings (SSSR count). The Hall–Kier alpha value is -2.64. The number of ether oxygens (including phenoxy) is 1. The van der Waals surface area contributed by atoms with Crippen LogP contribution in [0.1, 0.15) is 24.2 Å². The molecule has 2 aromatic rings. The van der Waals surface area contributed by atoms with E-state index in [1.807, 2.05) is 24.3 Å². The summed E-state index contributed by atoms with van der Waals surface area (Å²) in [5, 5.41) is 12.2. The fraction of sp³-hybridized carbons (Fsp3) is 0.167. The number of nitrogens with zero attached hydrogens (tertiary/aromatic N) is 1. The van der Waals surface area contributed by atoms with Gasteiger partial charge in [-0.25, -0.2) is 4.79 Å².